The summed E-state index contributed by atoms with van der Waals surface area (Å²) in [7, 11) is -2.71. The van der Waals surface area contributed by atoms with Crippen LogP contribution in [0.2, 0.25) is 5.02 Å². The highest BCUT2D eigenvalue weighted by atomic mass is 35.5. The van der Waals surface area contributed by atoms with Gasteiger partial charge in [0.15, 0.2) is 0 Å². The number of carbonyl (C=O) groups excluding carboxylic acids is 2. The van der Waals surface area contributed by atoms with E-state index in [0.29, 0.717) is 10.8 Å². The van der Waals surface area contributed by atoms with Gasteiger partial charge in [-0.3, -0.25) is 13.9 Å². The number of amides is 2. The molecule has 1 fully saturated rings. The number of sulfonamides is 1. The number of ether oxygens (including phenoxy) is 1. The second-order valence-electron chi connectivity index (χ2n) is 11.7. The molecule has 0 spiro atoms. The first-order chi connectivity index (χ1) is 22.7. The molecule has 8 nitrogen and oxygen atoms in total. The van der Waals surface area contributed by atoms with Crippen LogP contribution in [-0.2, 0) is 32.6 Å². The highest BCUT2D eigenvalue weighted by Gasteiger charge is 2.35. The van der Waals surface area contributed by atoms with Gasteiger partial charge in [0, 0.05) is 30.1 Å². The van der Waals surface area contributed by atoms with Gasteiger partial charge in [-0.15, -0.1) is 0 Å². The van der Waals surface area contributed by atoms with Crippen LogP contribution in [0.25, 0.3) is 0 Å². The van der Waals surface area contributed by atoms with E-state index in [-0.39, 0.29) is 35.5 Å². The molecular weight excluding hydrogens is 634 g/mol. The predicted octanol–water partition coefficient (Wildman–Crippen LogP) is 6.63. The summed E-state index contributed by atoms with van der Waals surface area (Å²) in [6.45, 7) is -0.469. The van der Waals surface area contributed by atoms with Gasteiger partial charge in [0.2, 0.25) is 11.8 Å². The number of methoxy groups -OCH3 is 1. The Morgan fingerprint density at radius 2 is 1.51 bits per heavy atom. The standard InChI is InChI=1S/C37H40ClN3O5S/c1-46-33-17-11-16-32(25-33)41(47(44,45)34-18-9-4-10-19-34)27-36(42)40(26-29-20-22-30(38)23-21-29)35(24-28-12-5-2-6-13-28)37(43)39-31-14-7-3-8-15-31/h2,4-6,9-13,16-23,25,31,35H,3,7-8,14-15,24,26-27H2,1H3,(H,39,43)/t35-/m1/s1. The van der Waals surface area contributed by atoms with Gasteiger partial charge in [-0.25, -0.2) is 8.42 Å². The normalized spacial score (nSPS) is 14.2. The Bertz CT molecular complexity index is 1730. The van der Waals surface area contributed by atoms with Crippen molar-refractivity contribution in [3.8, 4) is 5.75 Å². The molecule has 0 aromatic heterocycles. The first-order valence-corrected chi connectivity index (χ1v) is 17.7. The van der Waals surface area contributed by atoms with Gasteiger partial charge in [-0.1, -0.05) is 97.6 Å². The van der Waals surface area contributed by atoms with Gasteiger partial charge in [0.1, 0.15) is 18.3 Å². The maximum absolute atomic E-state index is 14.6. The lowest BCUT2D eigenvalue weighted by Crippen LogP contribution is -2.55. The minimum atomic E-state index is -4.20. The summed E-state index contributed by atoms with van der Waals surface area (Å²) in [6.07, 6.45) is 5.23. The van der Waals surface area contributed by atoms with E-state index in [1.807, 2.05) is 42.5 Å². The largest absolute Gasteiger partial charge is 0.497 e. The highest BCUT2D eigenvalue weighted by Crippen LogP contribution is 2.28. The van der Waals surface area contributed by atoms with E-state index in [0.717, 1.165) is 47.5 Å². The third-order valence-corrected chi connectivity index (χ3v) is 10.5. The van der Waals surface area contributed by atoms with E-state index in [9.17, 15) is 18.0 Å². The van der Waals surface area contributed by atoms with Gasteiger partial charge in [-0.05, 0) is 60.4 Å². The summed E-state index contributed by atoms with van der Waals surface area (Å²) in [6, 6.07) is 30.3. The van der Waals surface area contributed by atoms with Crippen molar-refractivity contribution >= 4 is 39.1 Å². The van der Waals surface area contributed by atoms with Gasteiger partial charge < -0.3 is 15.0 Å². The molecule has 1 atom stereocenters. The minimum absolute atomic E-state index is 0.0220. The van der Waals surface area contributed by atoms with Crippen molar-refractivity contribution in [2.45, 2.75) is 62.0 Å². The zero-order chi connectivity index (χ0) is 33.2. The molecule has 2 amide bonds. The number of nitrogens with one attached hydrogen (secondary N) is 1. The quantitative estimate of drug-likeness (QED) is 0.172. The summed E-state index contributed by atoms with van der Waals surface area (Å²) in [5, 5.41) is 3.77. The summed E-state index contributed by atoms with van der Waals surface area (Å²) < 4.78 is 34.8. The maximum Gasteiger partial charge on any atom is 0.264 e. The molecule has 246 valence electrons. The molecule has 0 saturated heterocycles. The van der Waals surface area contributed by atoms with Crippen molar-refractivity contribution in [2.24, 2.45) is 0 Å². The third-order valence-electron chi connectivity index (χ3n) is 8.44. The van der Waals surface area contributed by atoms with E-state index in [1.54, 1.807) is 54.6 Å². The minimum Gasteiger partial charge on any atom is -0.497 e. The number of anilines is 1. The Morgan fingerprint density at radius 1 is 0.851 bits per heavy atom. The Morgan fingerprint density at radius 3 is 2.17 bits per heavy atom. The number of hydrogen-bond acceptors (Lipinski definition) is 5. The van der Waals surface area contributed by atoms with E-state index >= 15 is 0 Å². The average molecular weight is 674 g/mol. The van der Waals surface area contributed by atoms with E-state index in [4.69, 9.17) is 16.3 Å². The lowest BCUT2D eigenvalue weighted by atomic mass is 9.94. The molecule has 5 rings (SSSR count). The summed E-state index contributed by atoms with van der Waals surface area (Å²) in [4.78, 5) is 30.4. The maximum atomic E-state index is 14.6. The molecule has 0 radical (unpaired) electrons. The van der Waals surface area contributed by atoms with E-state index in [1.165, 1.54) is 24.1 Å². The second kappa shape index (κ2) is 16.0. The number of hydrogen-bond donors (Lipinski definition) is 1. The van der Waals surface area contributed by atoms with Crippen LogP contribution in [0.15, 0.2) is 114 Å². The topological polar surface area (TPSA) is 96.0 Å². The van der Waals surface area contributed by atoms with Crippen molar-refractivity contribution in [3.05, 3.63) is 125 Å². The van der Waals surface area contributed by atoms with Crippen LogP contribution < -0.4 is 14.4 Å². The molecule has 1 N–H and O–H groups in total. The smallest absolute Gasteiger partial charge is 0.264 e. The van der Waals surface area contributed by atoms with Crippen molar-refractivity contribution in [1.82, 2.24) is 10.2 Å². The SMILES string of the molecule is COc1cccc(N(CC(=O)N(Cc2ccc(Cl)cc2)[C@H](Cc2ccccc2)C(=O)NC2CCCCC2)S(=O)(=O)c2ccccc2)c1. The average Bonchev–Trinajstić information content (AvgIpc) is 3.10. The second-order valence-corrected chi connectivity index (χ2v) is 14.0. The predicted molar refractivity (Wildman–Crippen MR) is 185 cm³/mol. The van der Waals surface area contributed by atoms with E-state index in [2.05, 4.69) is 5.32 Å². The van der Waals surface area contributed by atoms with Gasteiger partial charge in [-0.2, -0.15) is 0 Å². The van der Waals surface area contributed by atoms with E-state index < -0.39 is 28.5 Å². The third kappa shape index (κ3) is 8.93. The first kappa shape index (κ1) is 34.0. The molecule has 1 saturated carbocycles. The fourth-order valence-electron chi connectivity index (χ4n) is 5.90. The van der Waals surface area contributed by atoms with Crippen LogP contribution in [0.3, 0.4) is 0 Å². The van der Waals surface area contributed by atoms with Gasteiger partial charge in [0.25, 0.3) is 10.0 Å². The van der Waals surface area contributed by atoms with Crippen LogP contribution in [0.1, 0.15) is 43.2 Å². The number of carbonyl (C=O) groups is 2. The Kier molecular flexibility index (Phi) is 11.6. The summed E-state index contributed by atoms with van der Waals surface area (Å²) >= 11 is 6.18. The number of halogens is 1. The fourth-order valence-corrected chi connectivity index (χ4v) is 7.45. The molecule has 1 aliphatic rings. The lowest BCUT2D eigenvalue weighted by Gasteiger charge is -2.35. The first-order valence-electron chi connectivity index (χ1n) is 15.8. The molecular formula is C37H40ClN3O5S. The molecule has 1 aliphatic carbocycles. The van der Waals surface area contributed by atoms with Crippen molar-refractivity contribution in [2.75, 3.05) is 18.0 Å². The summed E-state index contributed by atoms with van der Waals surface area (Å²) in [5.74, 6) is -0.348. The molecule has 47 heavy (non-hydrogen) atoms. The number of nitrogens with zero attached hydrogens (tertiary/aromatic N) is 2. The Balaban J connectivity index is 1.56. The molecule has 0 unspecified atom stereocenters. The molecule has 0 aliphatic heterocycles. The fraction of sp³-hybridized carbons (Fsp3) is 0.297. The van der Waals surface area contributed by atoms with Crippen LogP contribution in [0.4, 0.5) is 5.69 Å². The molecule has 4 aromatic rings. The molecule has 0 bridgehead atoms. The lowest BCUT2D eigenvalue weighted by molar-refractivity contribution is -0.140. The zero-order valence-electron chi connectivity index (χ0n) is 26.4. The van der Waals surface area contributed by atoms with Gasteiger partial charge >= 0.3 is 0 Å². The monoisotopic (exact) mass is 673 g/mol. The highest BCUT2D eigenvalue weighted by molar-refractivity contribution is 7.92. The number of benzene rings is 4. The van der Waals surface area contributed by atoms with Crippen LogP contribution >= 0.6 is 11.6 Å². The van der Waals surface area contributed by atoms with Crippen LogP contribution in [0.5, 0.6) is 5.75 Å². The van der Waals surface area contributed by atoms with Crippen LogP contribution in [-0.4, -0.2) is 50.9 Å². The molecule has 4 aromatic carbocycles. The van der Waals surface area contributed by atoms with Crippen molar-refractivity contribution < 1.29 is 22.7 Å². The molecule has 0 heterocycles. The Hall–Kier alpha value is -4.34. The molecule has 10 heteroatoms. The van der Waals surface area contributed by atoms with Crippen molar-refractivity contribution in [1.29, 1.82) is 0 Å². The Labute approximate surface area is 282 Å². The van der Waals surface area contributed by atoms with Crippen LogP contribution in [0, 0.1) is 0 Å². The summed E-state index contributed by atoms with van der Waals surface area (Å²) in [5.41, 5.74) is 1.90. The van der Waals surface area contributed by atoms with Gasteiger partial charge in [0.05, 0.1) is 17.7 Å². The van der Waals surface area contributed by atoms with Crippen molar-refractivity contribution in [3.63, 3.8) is 0 Å². The zero-order valence-corrected chi connectivity index (χ0v) is 28.0. The number of rotatable bonds is 13.